The van der Waals surface area contributed by atoms with Gasteiger partial charge in [-0.25, -0.2) is 0 Å². The van der Waals surface area contributed by atoms with E-state index >= 15 is 0 Å². The molecular weight excluding hydrogens is 296 g/mol. The highest BCUT2D eigenvalue weighted by atomic mass is 79.9. The van der Waals surface area contributed by atoms with Crippen molar-refractivity contribution in [1.29, 1.82) is 0 Å². The number of aliphatic hydroxyl groups is 1. The van der Waals surface area contributed by atoms with Crippen LogP contribution in [0, 0.1) is 0 Å². The molecule has 0 radical (unpaired) electrons. The summed E-state index contributed by atoms with van der Waals surface area (Å²) in [5.41, 5.74) is 1.24. The van der Waals surface area contributed by atoms with Crippen molar-refractivity contribution in [3.8, 4) is 0 Å². The Kier molecular flexibility index (Phi) is 4.42. The first kappa shape index (κ1) is 11.2. The Morgan fingerprint density at radius 1 is 1.23 bits per heavy atom. The average Bonchev–Trinajstić information content (AvgIpc) is 1.99. The summed E-state index contributed by atoms with van der Waals surface area (Å²) in [5.74, 6) is 0. The zero-order valence-electron chi connectivity index (χ0n) is 7.43. The van der Waals surface area contributed by atoms with Crippen LogP contribution in [-0.2, 0) is 6.42 Å². The van der Waals surface area contributed by atoms with E-state index in [9.17, 15) is 0 Å². The summed E-state index contributed by atoms with van der Waals surface area (Å²) < 4.78 is 2.14. The third-order valence-corrected chi connectivity index (χ3v) is 2.69. The van der Waals surface area contributed by atoms with Gasteiger partial charge in [0.25, 0.3) is 0 Å². The lowest BCUT2D eigenvalue weighted by atomic mass is 10.1. The van der Waals surface area contributed by atoms with Gasteiger partial charge in [0, 0.05) is 8.95 Å². The highest BCUT2D eigenvalue weighted by molar-refractivity contribution is 9.11. The summed E-state index contributed by atoms with van der Waals surface area (Å²) in [5, 5.41) is 9.13. The quantitative estimate of drug-likeness (QED) is 0.906. The lowest BCUT2D eigenvalue weighted by Crippen LogP contribution is -2.01. The summed E-state index contributed by atoms with van der Waals surface area (Å²) in [6.07, 6.45) is 1.50. The van der Waals surface area contributed by atoms with Crippen LogP contribution in [0.4, 0.5) is 0 Å². The van der Waals surface area contributed by atoms with E-state index in [-0.39, 0.29) is 6.10 Å². The largest absolute Gasteiger partial charge is 0.393 e. The minimum atomic E-state index is -0.224. The molecule has 0 bridgehead atoms. The Balaban J connectivity index is 2.66. The van der Waals surface area contributed by atoms with E-state index in [1.54, 1.807) is 0 Å². The predicted molar refractivity (Wildman–Crippen MR) is 61.8 cm³/mol. The topological polar surface area (TPSA) is 20.2 Å². The van der Waals surface area contributed by atoms with E-state index in [0.29, 0.717) is 0 Å². The summed E-state index contributed by atoms with van der Waals surface area (Å²) in [6.45, 7) is 1.81. The maximum atomic E-state index is 9.13. The van der Waals surface area contributed by atoms with Gasteiger partial charge in [-0.1, -0.05) is 31.9 Å². The van der Waals surface area contributed by atoms with E-state index in [4.69, 9.17) is 5.11 Å². The lowest BCUT2D eigenvalue weighted by molar-refractivity contribution is 0.185. The molecule has 0 aliphatic heterocycles. The standard InChI is InChI=1S/C10H12Br2O/c1-7(13)2-3-8-4-9(11)6-10(12)5-8/h4-7,13H,2-3H2,1H3. The number of aliphatic hydroxyl groups excluding tert-OH is 1. The molecule has 0 amide bonds. The van der Waals surface area contributed by atoms with Crippen LogP contribution in [0.3, 0.4) is 0 Å². The smallest absolute Gasteiger partial charge is 0.0515 e. The van der Waals surface area contributed by atoms with E-state index in [1.165, 1.54) is 5.56 Å². The van der Waals surface area contributed by atoms with Gasteiger partial charge in [-0.3, -0.25) is 0 Å². The molecule has 1 aromatic rings. The highest BCUT2D eigenvalue weighted by Crippen LogP contribution is 2.21. The zero-order chi connectivity index (χ0) is 9.84. The van der Waals surface area contributed by atoms with Crippen molar-refractivity contribution in [3.05, 3.63) is 32.7 Å². The fourth-order valence-corrected chi connectivity index (χ4v) is 2.52. The van der Waals surface area contributed by atoms with Crippen LogP contribution in [0.15, 0.2) is 27.1 Å². The molecule has 0 saturated carbocycles. The predicted octanol–water partition coefficient (Wildman–Crippen LogP) is 3.53. The van der Waals surface area contributed by atoms with Crippen LogP contribution >= 0.6 is 31.9 Å². The molecule has 13 heavy (non-hydrogen) atoms. The first-order valence-corrected chi connectivity index (χ1v) is 5.79. The fraction of sp³-hybridized carbons (Fsp3) is 0.400. The lowest BCUT2D eigenvalue weighted by Gasteiger charge is -2.05. The minimum absolute atomic E-state index is 0.224. The van der Waals surface area contributed by atoms with Gasteiger partial charge in [0.1, 0.15) is 0 Å². The van der Waals surface area contributed by atoms with E-state index in [2.05, 4.69) is 44.0 Å². The van der Waals surface area contributed by atoms with Crippen molar-refractivity contribution in [2.45, 2.75) is 25.9 Å². The molecule has 0 saturated heterocycles. The number of rotatable bonds is 3. The Bertz CT molecular complexity index is 264. The zero-order valence-corrected chi connectivity index (χ0v) is 10.6. The molecule has 1 unspecified atom stereocenters. The second-order valence-electron chi connectivity index (χ2n) is 3.17. The Morgan fingerprint density at radius 2 is 1.77 bits per heavy atom. The Morgan fingerprint density at radius 3 is 2.23 bits per heavy atom. The van der Waals surface area contributed by atoms with Crippen molar-refractivity contribution in [2.24, 2.45) is 0 Å². The SMILES string of the molecule is CC(O)CCc1cc(Br)cc(Br)c1. The third-order valence-electron chi connectivity index (χ3n) is 1.77. The monoisotopic (exact) mass is 306 g/mol. The van der Waals surface area contributed by atoms with E-state index in [0.717, 1.165) is 21.8 Å². The fourth-order valence-electron chi connectivity index (χ4n) is 1.13. The molecule has 1 nitrogen and oxygen atoms in total. The van der Waals surface area contributed by atoms with Crippen LogP contribution in [0.1, 0.15) is 18.9 Å². The molecule has 1 atom stereocenters. The van der Waals surface area contributed by atoms with Crippen molar-refractivity contribution >= 4 is 31.9 Å². The first-order chi connectivity index (χ1) is 6.08. The normalized spacial score (nSPS) is 12.9. The number of aryl methyl sites for hydroxylation is 1. The van der Waals surface area contributed by atoms with E-state index < -0.39 is 0 Å². The Labute approximate surface area is 95.4 Å². The maximum absolute atomic E-state index is 9.13. The molecule has 1 aromatic carbocycles. The van der Waals surface area contributed by atoms with Crippen molar-refractivity contribution < 1.29 is 5.11 Å². The van der Waals surface area contributed by atoms with Gasteiger partial charge in [0.05, 0.1) is 6.10 Å². The van der Waals surface area contributed by atoms with Gasteiger partial charge in [0.2, 0.25) is 0 Å². The summed E-state index contributed by atoms with van der Waals surface area (Å²) in [6, 6.07) is 6.16. The molecule has 1 rings (SSSR count). The second-order valence-corrected chi connectivity index (χ2v) is 5.00. The first-order valence-electron chi connectivity index (χ1n) is 4.21. The molecule has 0 fully saturated rings. The number of halogens is 2. The second kappa shape index (κ2) is 5.13. The molecule has 0 aliphatic rings. The van der Waals surface area contributed by atoms with Crippen LogP contribution in [0.5, 0.6) is 0 Å². The van der Waals surface area contributed by atoms with Crippen molar-refractivity contribution in [2.75, 3.05) is 0 Å². The minimum Gasteiger partial charge on any atom is -0.393 e. The molecule has 72 valence electrons. The van der Waals surface area contributed by atoms with Gasteiger partial charge in [-0.15, -0.1) is 0 Å². The van der Waals surface area contributed by atoms with Crippen LogP contribution < -0.4 is 0 Å². The number of hydrogen-bond donors (Lipinski definition) is 1. The number of hydrogen-bond acceptors (Lipinski definition) is 1. The van der Waals surface area contributed by atoms with Crippen LogP contribution in [-0.4, -0.2) is 11.2 Å². The van der Waals surface area contributed by atoms with Crippen molar-refractivity contribution in [1.82, 2.24) is 0 Å². The summed E-state index contributed by atoms with van der Waals surface area (Å²) in [4.78, 5) is 0. The maximum Gasteiger partial charge on any atom is 0.0515 e. The molecule has 0 aromatic heterocycles. The van der Waals surface area contributed by atoms with Gasteiger partial charge in [0.15, 0.2) is 0 Å². The average molecular weight is 308 g/mol. The molecular formula is C10H12Br2O. The van der Waals surface area contributed by atoms with Gasteiger partial charge >= 0.3 is 0 Å². The van der Waals surface area contributed by atoms with Gasteiger partial charge in [-0.05, 0) is 43.5 Å². The summed E-state index contributed by atoms with van der Waals surface area (Å²) >= 11 is 6.85. The third kappa shape index (κ3) is 4.25. The van der Waals surface area contributed by atoms with Crippen LogP contribution in [0.25, 0.3) is 0 Å². The van der Waals surface area contributed by atoms with E-state index in [1.807, 2.05) is 13.0 Å². The molecule has 3 heteroatoms. The molecule has 1 N–H and O–H groups in total. The molecule has 0 aliphatic carbocycles. The number of benzene rings is 1. The van der Waals surface area contributed by atoms with Crippen LogP contribution in [0.2, 0.25) is 0 Å². The molecule has 0 spiro atoms. The molecule has 0 heterocycles. The van der Waals surface area contributed by atoms with Crippen molar-refractivity contribution in [3.63, 3.8) is 0 Å². The summed E-state index contributed by atoms with van der Waals surface area (Å²) in [7, 11) is 0. The van der Waals surface area contributed by atoms with Gasteiger partial charge in [-0.2, -0.15) is 0 Å². The van der Waals surface area contributed by atoms with Gasteiger partial charge < -0.3 is 5.11 Å². The Hall–Kier alpha value is 0.140. The highest BCUT2D eigenvalue weighted by Gasteiger charge is 2.00.